The quantitative estimate of drug-likeness (QED) is 0.872. The fourth-order valence-corrected chi connectivity index (χ4v) is 4.34. The Morgan fingerprint density at radius 2 is 2.04 bits per heavy atom. The lowest BCUT2D eigenvalue weighted by Crippen LogP contribution is -2.47. The van der Waals surface area contributed by atoms with Gasteiger partial charge in [0.15, 0.2) is 5.41 Å². The van der Waals surface area contributed by atoms with Crippen LogP contribution >= 0.6 is 11.3 Å². The summed E-state index contributed by atoms with van der Waals surface area (Å²) in [7, 11) is 1.52. The number of fused-ring (bicyclic) bond motifs is 1. The van der Waals surface area contributed by atoms with E-state index in [1.165, 1.54) is 18.4 Å². The van der Waals surface area contributed by atoms with Crippen molar-refractivity contribution in [3.05, 3.63) is 28.6 Å². The van der Waals surface area contributed by atoms with Crippen LogP contribution in [-0.4, -0.2) is 48.3 Å². The third-order valence-electron chi connectivity index (χ3n) is 4.85. The zero-order valence-electron chi connectivity index (χ0n) is 14.0. The van der Waals surface area contributed by atoms with Gasteiger partial charge in [-0.2, -0.15) is 13.2 Å². The minimum absolute atomic E-state index is 0.248. The van der Waals surface area contributed by atoms with E-state index >= 15 is 0 Å². The summed E-state index contributed by atoms with van der Waals surface area (Å²) in [5, 5.41) is 9.92. The van der Waals surface area contributed by atoms with Crippen LogP contribution in [0.1, 0.15) is 21.7 Å². The molecule has 3 rings (SSSR count). The van der Waals surface area contributed by atoms with Gasteiger partial charge in [0.1, 0.15) is 5.75 Å². The molecule has 0 saturated carbocycles. The van der Waals surface area contributed by atoms with Crippen molar-refractivity contribution >= 4 is 33.3 Å². The maximum atomic E-state index is 13.3. The van der Waals surface area contributed by atoms with Gasteiger partial charge < -0.3 is 14.7 Å². The molecule has 0 bridgehead atoms. The Balaban J connectivity index is 1.95. The fourth-order valence-electron chi connectivity index (χ4n) is 3.18. The van der Waals surface area contributed by atoms with E-state index in [-0.39, 0.29) is 6.54 Å². The molecule has 1 aromatic carbocycles. The predicted molar refractivity (Wildman–Crippen MR) is 89.8 cm³/mol. The Bertz CT molecular complexity index is 892. The number of carbonyl (C=O) groups excluding carboxylic acids is 1. The van der Waals surface area contributed by atoms with Crippen LogP contribution in [0.25, 0.3) is 10.1 Å². The van der Waals surface area contributed by atoms with E-state index in [1.54, 1.807) is 25.1 Å². The van der Waals surface area contributed by atoms with Crippen molar-refractivity contribution in [2.75, 3.05) is 20.2 Å². The molecule has 0 spiro atoms. The van der Waals surface area contributed by atoms with Crippen molar-refractivity contribution in [1.29, 1.82) is 0 Å². The summed E-state index contributed by atoms with van der Waals surface area (Å²) in [6.07, 6.45) is -5.56. The van der Waals surface area contributed by atoms with E-state index in [4.69, 9.17) is 9.84 Å². The first kappa shape index (κ1) is 18.5. The van der Waals surface area contributed by atoms with Crippen LogP contribution < -0.4 is 4.74 Å². The molecule has 1 saturated heterocycles. The number of aliphatic carboxylic acids is 1. The molecule has 140 valence electrons. The Morgan fingerprint density at radius 1 is 1.35 bits per heavy atom. The minimum atomic E-state index is -4.92. The third-order valence-corrected chi connectivity index (χ3v) is 6.11. The first-order valence-electron chi connectivity index (χ1n) is 7.77. The lowest BCUT2D eigenvalue weighted by molar-refractivity contribution is -0.227. The van der Waals surface area contributed by atoms with Crippen LogP contribution in [-0.2, 0) is 4.79 Å². The van der Waals surface area contributed by atoms with Crippen molar-refractivity contribution in [3.63, 3.8) is 0 Å². The van der Waals surface area contributed by atoms with E-state index in [1.807, 2.05) is 0 Å². The van der Waals surface area contributed by atoms with Crippen LogP contribution in [0.3, 0.4) is 0 Å². The van der Waals surface area contributed by atoms with Crippen LogP contribution in [0.2, 0.25) is 0 Å². The van der Waals surface area contributed by atoms with Crippen molar-refractivity contribution in [1.82, 2.24) is 4.90 Å². The number of hydrogen-bond donors (Lipinski definition) is 1. The number of aryl methyl sites for hydroxylation is 1. The number of ether oxygens (including phenoxy) is 1. The second-order valence-electron chi connectivity index (χ2n) is 6.28. The van der Waals surface area contributed by atoms with Gasteiger partial charge in [-0.15, -0.1) is 11.3 Å². The monoisotopic (exact) mass is 387 g/mol. The zero-order valence-corrected chi connectivity index (χ0v) is 14.8. The molecular weight excluding hydrogens is 371 g/mol. The molecule has 1 atom stereocenters. The summed E-state index contributed by atoms with van der Waals surface area (Å²) >= 11 is 1.18. The normalized spacial score (nSPS) is 20.6. The summed E-state index contributed by atoms with van der Waals surface area (Å²) in [6, 6.07) is 5.28. The van der Waals surface area contributed by atoms with E-state index in [0.29, 0.717) is 16.2 Å². The number of amides is 1. The maximum absolute atomic E-state index is 13.3. The number of nitrogens with zero attached hydrogens (tertiary/aromatic N) is 1. The molecule has 1 fully saturated rings. The molecule has 1 amide bonds. The minimum Gasteiger partial charge on any atom is -0.497 e. The van der Waals surface area contributed by atoms with Gasteiger partial charge in [-0.1, -0.05) is 0 Å². The SMILES string of the molecule is COc1ccc2sc(C(=O)N3CCC(C(=O)O)(C(F)(F)F)C3)c(C)c2c1. The number of carboxylic acid groups (broad SMARTS) is 1. The summed E-state index contributed by atoms with van der Waals surface area (Å²) in [5.74, 6) is -1.91. The number of carboxylic acids is 1. The molecular formula is C17H16F3NO4S. The smallest absolute Gasteiger partial charge is 0.406 e. The number of alkyl halides is 3. The molecule has 2 heterocycles. The van der Waals surface area contributed by atoms with Crippen molar-refractivity contribution in [3.8, 4) is 5.75 Å². The second kappa shape index (κ2) is 6.15. The summed E-state index contributed by atoms with van der Waals surface area (Å²) in [5.41, 5.74) is -2.26. The number of methoxy groups -OCH3 is 1. The Labute approximate surface area is 151 Å². The molecule has 0 aliphatic carbocycles. The van der Waals surface area contributed by atoms with Crippen molar-refractivity contribution in [2.45, 2.75) is 19.5 Å². The standard InChI is InChI=1S/C17H16F3NO4S/c1-9-11-7-10(25-2)3-4-12(11)26-13(9)14(22)21-6-5-16(8-21,15(23)24)17(18,19)20/h3-4,7H,5-6,8H2,1-2H3,(H,23,24). The lowest BCUT2D eigenvalue weighted by Gasteiger charge is -2.27. The molecule has 0 radical (unpaired) electrons. The van der Waals surface area contributed by atoms with Crippen LogP contribution in [0, 0.1) is 12.3 Å². The summed E-state index contributed by atoms with van der Waals surface area (Å²) < 4.78 is 45.9. The molecule has 2 aromatic rings. The molecule has 1 aromatic heterocycles. The Hall–Kier alpha value is -2.29. The van der Waals surface area contributed by atoms with Crippen LogP contribution in [0.5, 0.6) is 5.75 Å². The number of rotatable bonds is 3. The predicted octanol–water partition coefficient (Wildman–Crippen LogP) is 3.70. The highest BCUT2D eigenvalue weighted by atomic mass is 32.1. The highest BCUT2D eigenvalue weighted by molar-refractivity contribution is 7.21. The largest absolute Gasteiger partial charge is 0.497 e. The average molecular weight is 387 g/mol. The molecule has 5 nitrogen and oxygen atoms in total. The molecule has 1 unspecified atom stereocenters. The van der Waals surface area contributed by atoms with Gasteiger partial charge >= 0.3 is 12.1 Å². The van der Waals surface area contributed by atoms with Gasteiger partial charge in [-0.05, 0) is 42.5 Å². The zero-order chi connectivity index (χ0) is 19.3. The first-order valence-corrected chi connectivity index (χ1v) is 8.59. The van der Waals surface area contributed by atoms with Crippen molar-refractivity contribution in [2.24, 2.45) is 5.41 Å². The maximum Gasteiger partial charge on any atom is 0.406 e. The van der Waals surface area contributed by atoms with Crippen LogP contribution in [0.15, 0.2) is 18.2 Å². The molecule has 1 aliphatic heterocycles. The van der Waals surface area contributed by atoms with Gasteiger partial charge in [0.05, 0.1) is 12.0 Å². The van der Waals surface area contributed by atoms with Gasteiger partial charge in [0.25, 0.3) is 5.91 Å². The Morgan fingerprint density at radius 3 is 2.58 bits per heavy atom. The number of hydrogen-bond acceptors (Lipinski definition) is 4. The lowest BCUT2D eigenvalue weighted by atomic mass is 9.86. The highest BCUT2D eigenvalue weighted by Crippen LogP contribution is 2.46. The number of likely N-dealkylation sites (tertiary alicyclic amines) is 1. The van der Waals surface area contributed by atoms with Gasteiger partial charge in [-0.25, -0.2) is 0 Å². The molecule has 1 N–H and O–H groups in total. The highest BCUT2D eigenvalue weighted by Gasteiger charge is 2.64. The summed E-state index contributed by atoms with van der Waals surface area (Å²) in [4.78, 5) is 25.4. The number of benzene rings is 1. The van der Waals surface area contributed by atoms with Gasteiger partial charge in [0.2, 0.25) is 0 Å². The third kappa shape index (κ3) is 2.70. The molecule has 1 aliphatic rings. The average Bonchev–Trinajstić information content (AvgIpc) is 3.17. The van der Waals surface area contributed by atoms with E-state index in [2.05, 4.69) is 0 Å². The summed E-state index contributed by atoms with van der Waals surface area (Å²) in [6.45, 7) is 0.596. The van der Waals surface area contributed by atoms with Gasteiger partial charge in [-0.3, -0.25) is 9.59 Å². The Kier molecular flexibility index (Phi) is 4.38. The van der Waals surface area contributed by atoms with E-state index in [0.717, 1.165) is 15.0 Å². The topological polar surface area (TPSA) is 66.8 Å². The number of thiophene rings is 1. The first-order chi connectivity index (χ1) is 12.1. The number of carbonyl (C=O) groups is 2. The van der Waals surface area contributed by atoms with Crippen LogP contribution in [0.4, 0.5) is 13.2 Å². The second-order valence-corrected chi connectivity index (χ2v) is 7.33. The molecule has 26 heavy (non-hydrogen) atoms. The number of halogens is 3. The van der Waals surface area contributed by atoms with E-state index in [9.17, 15) is 22.8 Å². The van der Waals surface area contributed by atoms with E-state index < -0.39 is 36.4 Å². The van der Waals surface area contributed by atoms with Crippen molar-refractivity contribution < 1.29 is 32.6 Å². The van der Waals surface area contributed by atoms with Gasteiger partial charge in [0, 0.05) is 17.8 Å². The fraction of sp³-hybridized carbons (Fsp3) is 0.412. The molecule has 9 heteroatoms.